The number of nitrogens with one attached hydrogen (secondary N) is 1. The van der Waals surface area contributed by atoms with Gasteiger partial charge in [0, 0.05) is 16.8 Å². The Balaban J connectivity index is 1.63. The number of thioether (sulfide) groups is 1. The van der Waals surface area contributed by atoms with Crippen LogP contribution in [-0.2, 0) is 17.6 Å². The third kappa shape index (κ3) is 4.30. The molecular formula is C20H24N2O2S2. The van der Waals surface area contributed by atoms with E-state index < -0.39 is 0 Å². The zero-order valence-electron chi connectivity index (χ0n) is 15.4. The van der Waals surface area contributed by atoms with Crippen LogP contribution in [0.25, 0.3) is 0 Å². The first-order valence-electron chi connectivity index (χ1n) is 8.78. The standard InChI is InChI=1S/C20H24N2O2S2/c1-13-8-9-16-14(10-13)11-18(26-16)20(24)22(2)12-19(23)21-15-6-4-5-7-17(15)25-3/h4-7,11,13H,8-10,12H2,1-3H3,(H,21,23)/t13-/m1/s1. The average Bonchev–Trinajstić information content (AvgIpc) is 3.04. The van der Waals surface area contributed by atoms with Crippen molar-refractivity contribution in [2.45, 2.75) is 31.1 Å². The van der Waals surface area contributed by atoms with Crippen molar-refractivity contribution in [2.75, 3.05) is 25.2 Å². The summed E-state index contributed by atoms with van der Waals surface area (Å²) in [4.78, 5) is 29.6. The highest BCUT2D eigenvalue weighted by molar-refractivity contribution is 7.98. The highest BCUT2D eigenvalue weighted by Gasteiger charge is 2.23. The smallest absolute Gasteiger partial charge is 0.264 e. The first kappa shape index (κ1) is 19.0. The fourth-order valence-electron chi connectivity index (χ4n) is 3.22. The van der Waals surface area contributed by atoms with Gasteiger partial charge in [-0.15, -0.1) is 23.1 Å². The lowest BCUT2D eigenvalue weighted by Crippen LogP contribution is -2.34. The maximum absolute atomic E-state index is 12.7. The number of hydrogen-bond donors (Lipinski definition) is 1. The Hall–Kier alpha value is -1.79. The lowest BCUT2D eigenvalue weighted by atomic mass is 9.90. The lowest BCUT2D eigenvalue weighted by molar-refractivity contribution is -0.116. The number of anilines is 1. The molecule has 4 nitrogen and oxygen atoms in total. The Kier molecular flexibility index (Phi) is 6.04. The van der Waals surface area contributed by atoms with Gasteiger partial charge in [-0.05, 0) is 55.2 Å². The monoisotopic (exact) mass is 388 g/mol. The van der Waals surface area contributed by atoms with Crippen molar-refractivity contribution in [1.29, 1.82) is 0 Å². The van der Waals surface area contributed by atoms with Gasteiger partial charge in [0.2, 0.25) is 5.91 Å². The fourth-order valence-corrected chi connectivity index (χ4v) is 4.98. The molecule has 1 aromatic heterocycles. The van der Waals surface area contributed by atoms with Crippen molar-refractivity contribution in [1.82, 2.24) is 4.90 Å². The van der Waals surface area contributed by atoms with Crippen LogP contribution in [-0.4, -0.2) is 36.6 Å². The molecule has 2 aromatic rings. The van der Waals surface area contributed by atoms with E-state index >= 15 is 0 Å². The summed E-state index contributed by atoms with van der Waals surface area (Å²) >= 11 is 3.17. The van der Waals surface area contributed by atoms with Gasteiger partial charge in [-0.2, -0.15) is 0 Å². The minimum atomic E-state index is -0.183. The van der Waals surface area contributed by atoms with E-state index in [1.54, 1.807) is 30.1 Å². The third-order valence-electron chi connectivity index (χ3n) is 4.65. The van der Waals surface area contributed by atoms with Crippen molar-refractivity contribution in [3.8, 4) is 0 Å². The Morgan fingerprint density at radius 2 is 2.12 bits per heavy atom. The molecule has 0 aliphatic heterocycles. The minimum absolute atomic E-state index is 0.0422. The molecule has 0 spiro atoms. The number of amides is 2. The third-order valence-corrected chi connectivity index (χ3v) is 6.67. The van der Waals surface area contributed by atoms with Gasteiger partial charge in [0.25, 0.3) is 5.91 Å². The lowest BCUT2D eigenvalue weighted by Gasteiger charge is -2.16. The zero-order valence-corrected chi connectivity index (χ0v) is 17.0. The van der Waals surface area contributed by atoms with E-state index in [1.165, 1.54) is 21.8 Å². The number of carbonyl (C=O) groups is 2. The van der Waals surface area contributed by atoms with Gasteiger partial charge in [-0.1, -0.05) is 19.1 Å². The van der Waals surface area contributed by atoms with Crippen LogP contribution >= 0.6 is 23.1 Å². The predicted octanol–water partition coefficient (Wildman–Crippen LogP) is 4.31. The van der Waals surface area contributed by atoms with E-state index in [4.69, 9.17) is 0 Å². The van der Waals surface area contributed by atoms with Gasteiger partial charge < -0.3 is 10.2 Å². The van der Waals surface area contributed by atoms with E-state index in [9.17, 15) is 9.59 Å². The molecule has 0 saturated heterocycles. The summed E-state index contributed by atoms with van der Waals surface area (Å²) in [5.41, 5.74) is 2.09. The highest BCUT2D eigenvalue weighted by Crippen LogP contribution is 2.32. The summed E-state index contributed by atoms with van der Waals surface area (Å²) in [5, 5.41) is 2.90. The second kappa shape index (κ2) is 8.27. The number of benzene rings is 1. The molecule has 6 heteroatoms. The molecule has 0 saturated carbocycles. The quantitative estimate of drug-likeness (QED) is 0.777. The number of carbonyl (C=O) groups excluding carboxylic acids is 2. The van der Waals surface area contributed by atoms with Crippen molar-refractivity contribution in [3.05, 3.63) is 45.6 Å². The maximum Gasteiger partial charge on any atom is 0.264 e. The molecule has 1 aliphatic rings. The van der Waals surface area contributed by atoms with E-state index in [2.05, 4.69) is 12.2 Å². The molecule has 138 valence electrons. The van der Waals surface area contributed by atoms with Crippen LogP contribution in [0.15, 0.2) is 35.2 Å². The second-order valence-corrected chi connectivity index (χ2v) is 8.80. The first-order chi connectivity index (χ1) is 12.5. The molecule has 26 heavy (non-hydrogen) atoms. The minimum Gasteiger partial charge on any atom is -0.332 e. The Morgan fingerprint density at radius 3 is 2.88 bits per heavy atom. The highest BCUT2D eigenvalue weighted by atomic mass is 32.2. The molecule has 1 aromatic carbocycles. The van der Waals surface area contributed by atoms with Crippen LogP contribution in [0.4, 0.5) is 5.69 Å². The molecule has 0 unspecified atom stereocenters. The molecule has 0 bridgehead atoms. The van der Waals surface area contributed by atoms with Crippen LogP contribution in [0.5, 0.6) is 0 Å². The molecule has 0 fully saturated rings. The number of rotatable bonds is 5. The number of para-hydroxylation sites is 1. The van der Waals surface area contributed by atoms with E-state index in [-0.39, 0.29) is 18.4 Å². The van der Waals surface area contributed by atoms with Crippen LogP contribution in [0.3, 0.4) is 0 Å². The number of fused-ring (bicyclic) bond motifs is 1. The van der Waals surface area contributed by atoms with E-state index in [0.717, 1.165) is 28.3 Å². The van der Waals surface area contributed by atoms with Crippen molar-refractivity contribution >= 4 is 40.6 Å². The Bertz CT molecular complexity index is 816. The van der Waals surface area contributed by atoms with Gasteiger partial charge in [-0.25, -0.2) is 0 Å². The van der Waals surface area contributed by atoms with Crippen molar-refractivity contribution in [3.63, 3.8) is 0 Å². The SMILES string of the molecule is CSc1ccccc1NC(=O)CN(C)C(=O)c1cc2c(s1)CC[C@@H](C)C2. The van der Waals surface area contributed by atoms with Gasteiger partial charge in [0.05, 0.1) is 17.1 Å². The second-order valence-electron chi connectivity index (χ2n) is 6.82. The number of hydrogen-bond acceptors (Lipinski definition) is 4. The Morgan fingerprint density at radius 1 is 1.35 bits per heavy atom. The van der Waals surface area contributed by atoms with Gasteiger partial charge in [0.1, 0.15) is 0 Å². The van der Waals surface area contributed by atoms with Crippen LogP contribution in [0.2, 0.25) is 0 Å². The van der Waals surface area contributed by atoms with Crippen LogP contribution < -0.4 is 5.32 Å². The van der Waals surface area contributed by atoms with Gasteiger partial charge in [0.15, 0.2) is 0 Å². The molecule has 0 radical (unpaired) electrons. The molecule has 3 rings (SSSR count). The molecule has 1 heterocycles. The summed E-state index contributed by atoms with van der Waals surface area (Å²) in [6.07, 6.45) is 5.27. The molecule has 1 atom stereocenters. The fraction of sp³-hybridized carbons (Fsp3) is 0.400. The van der Waals surface area contributed by atoms with Gasteiger partial charge >= 0.3 is 0 Å². The van der Waals surface area contributed by atoms with Crippen molar-refractivity contribution < 1.29 is 9.59 Å². The van der Waals surface area contributed by atoms with Crippen LogP contribution in [0.1, 0.15) is 33.5 Å². The van der Waals surface area contributed by atoms with Gasteiger partial charge in [-0.3, -0.25) is 9.59 Å². The molecule has 1 aliphatic carbocycles. The van der Waals surface area contributed by atoms with E-state index in [1.807, 2.05) is 36.6 Å². The van der Waals surface area contributed by atoms with Crippen LogP contribution in [0, 0.1) is 5.92 Å². The summed E-state index contributed by atoms with van der Waals surface area (Å²) in [7, 11) is 1.68. The predicted molar refractivity (Wildman–Crippen MR) is 109 cm³/mol. The largest absolute Gasteiger partial charge is 0.332 e. The topological polar surface area (TPSA) is 49.4 Å². The first-order valence-corrected chi connectivity index (χ1v) is 10.8. The number of thiophene rings is 1. The molecular weight excluding hydrogens is 364 g/mol. The number of likely N-dealkylation sites (N-methyl/N-ethyl adjacent to an activating group) is 1. The average molecular weight is 389 g/mol. The summed E-state index contributed by atoms with van der Waals surface area (Å²) in [6.45, 7) is 2.30. The summed E-state index contributed by atoms with van der Waals surface area (Å²) in [6, 6.07) is 9.69. The zero-order chi connectivity index (χ0) is 18.7. The van der Waals surface area contributed by atoms with Crippen molar-refractivity contribution in [2.24, 2.45) is 5.92 Å². The molecule has 1 N–H and O–H groups in total. The number of aryl methyl sites for hydroxylation is 1. The van der Waals surface area contributed by atoms with E-state index in [0.29, 0.717) is 5.92 Å². The number of nitrogens with zero attached hydrogens (tertiary/aromatic N) is 1. The molecule has 2 amide bonds. The maximum atomic E-state index is 12.7. The summed E-state index contributed by atoms with van der Waals surface area (Å²) < 4.78 is 0. The normalized spacial score (nSPS) is 16.0. The Labute approximate surface area is 163 Å². The summed E-state index contributed by atoms with van der Waals surface area (Å²) in [5.74, 6) is 0.419.